The van der Waals surface area contributed by atoms with Crippen LogP contribution in [0.15, 0.2) is 49.1 Å². The second-order valence-electron chi connectivity index (χ2n) is 4.86. The molecule has 3 rings (SSSR count). The van der Waals surface area contributed by atoms with Crippen LogP contribution in [0.5, 0.6) is 0 Å². The Bertz CT molecular complexity index is 705. The lowest BCUT2D eigenvalue weighted by Gasteiger charge is -2.12. The monoisotopic (exact) mass is 299 g/mol. The van der Waals surface area contributed by atoms with Gasteiger partial charge >= 0.3 is 0 Å². The normalized spacial score (nSPS) is 12.5. The first kappa shape index (κ1) is 14.0. The zero-order chi connectivity index (χ0) is 14.7. The first-order valence-corrected chi connectivity index (χ1v) is 7.64. The Balaban J connectivity index is 1.89. The lowest BCUT2D eigenvalue weighted by Crippen LogP contribution is -2.14. The molecule has 0 radical (unpaired) electrons. The molecule has 1 atom stereocenters. The highest BCUT2D eigenvalue weighted by Crippen LogP contribution is 2.33. The van der Waals surface area contributed by atoms with Crippen molar-refractivity contribution in [3.05, 3.63) is 49.1 Å². The minimum Gasteiger partial charge on any atom is -0.380 e. The molecule has 21 heavy (non-hydrogen) atoms. The summed E-state index contributed by atoms with van der Waals surface area (Å²) in [5.41, 5.74) is 1.14. The molecule has 0 amide bonds. The maximum absolute atomic E-state index is 5.34. The van der Waals surface area contributed by atoms with E-state index in [0.29, 0.717) is 0 Å². The van der Waals surface area contributed by atoms with Crippen LogP contribution in [0.1, 0.15) is 6.92 Å². The Labute approximate surface area is 128 Å². The van der Waals surface area contributed by atoms with E-state index in [-0.39, 0.29) is 6.10 Å². The minimum atomic E-state index is 0.163. The Kier molecular flexibility index (Phi) is 4.13. The van der Waals surface area contributed by atoms with E-state index in [1.165, 1.54) is 4.88 Å². The Morgan fingerprint density at radius 2 is 2.10 bits per heavy atom. The van der Waals surface area contributed by atoms with Crippen LogP contribution < -0.4 is 0 Å². The summed E-state index contributed by atoms with van der Waals surface area (Å²) in [6.45, 7) is 2.85. The highest BCUT2D eigenvalue weighted by Gasteiger charge is 2.12. The molecule has 0 N–H and O–H groups in total. The van der Waals surface area contributed by atoms with Crippen LogP contribution in [0.25, 0.3) is 21.1 Å². The van der Waals surface area contributed by atoms with Gasteiger partial charge in [-0.25, -0.2) is 4.98 Å². The Morgan fingerprint density at radius 3 is 2.86 bits per heavy atom. The van der Waals surface area contributed by atoms with E-state index in [4.69, 9.17) is 4.74 Å². The number of hydrogen-bond acceptors (Lipinski definition) is 4. The number of methoxy groups -OCH3 is 1. The summed E-state index contributed by atoms with van der Waals surface area (Å²) in [7, 11) is 1.73. The summed E-state index contributed by atoms with van der Waals surface area (Å²) < 4.78 is 7.47. The van der Waals surface area contributed by atoms with Gasteiger partial charge in [-0.2, -0.15) is 0 Å². The van der Waals surface area contributed by atoms with Gasteiger partial charge < -0.3 is 9.30 Å². The molecular formula is C16H17N3OS. The van der Waals surface area contributed by atoms with Crippen molar-refractivity contribution in [3.63, 3.8) is 0 Å². The third-order valence-corrected chi connectivity index (χ3v) is 4.47. The number of ether oxygens (including phenoxy) is 1. The number of nitrogens with zero attached hydrogens (tertiary/aromatic N) is 3. The van der Waals surface area contributed by atoms with Gasteiger partial charge in [0, 0.05) is 42.3 Å². The standard InChI is InChI=1S/C16H17N3OS/c1-12(20-2)11-19-9-8-18-16(19)15-6-5-14(21-15)13-4-3-7-17-10-13/h3-10,12H,11H2,1-2H3. The Hall–Kier alpha value is -1.98. The van der Waals surface area contributed by atoms with Crippen molar-refractivity contribution < 1.29 is 4.74 Å². The van der Waals surface area contributed by atoms with E-state index < -0.39 is 0 Å². The van der Waals surface area contributed by atoms with Gasteiger partial charge in [-0.15, -0.1) is 11.3 Å². The number of aromatic nitrogens is 3. The highest BCUT2D eigenvalue weighted by molar-refractivity contribution is 7.18. The lowest BCUT2D eigenvalue weighted by molar-refractivity contribution is 0.103. The van der Waals surface area contributed by atoms with Gasteiger partial charge in [0.1, 0.15) is 5.82 Å². The van der Waals surface area contributed by atoms with E-state index >= 15 is 0 Å². The third kappa shape index (κ3) is 3.04. The molecule has 0 fully saturated rings. The van der Waals surface area contributed by atoms with Crippen LogP contribution in [-0.2, 0) is 11.3 Å². The molecule has 3 aromatic heterocycles. The molecule has 108 valence electrons. The summed E-state index contributed by atoms with van der Waals surface area (Å²) in [5, 5.41) is 0. The van der Waals surface area contributed by atoms with E-state index in [9.17, 15) is 0 Å². The van der Waals surface area contributed by atoms with Crippen molar-refractivity contribution in [1.82, 2.24) is 14.5 Å². The third-order valence-electron chi connectivity index (χ3n) is 3.34. The molecular weight excluding hydrogens is 282 g/mol. The van der Waals surface area contributed by atoms with Crippen LogP contribution in [0, 0.1) is 0 Å². The zero-order valence-electron chi connectivity index (χ0n) is 12.1. The molecule has 1 unspecified atom stereocenters. The summed E-state index contributed by atoms with van der Waals surface area (Å²) in [6.07, 6.45) is 7.66. The van der Waals surface area contributed by atoms with Crippen LogP contribution in [-0.4, -0.2) is 27.7 Å². The minimum absolute atomic E-state index is 0.163. The molecule has 4 nitrogen and oxygen atoms in total. The van der Waals surface area contributed by atoms with E-state index in [2.05, 4.69) is 39.7 Å². The van der Waals surface area contributed by atoms with Crippen molar-refractivity contribution in [2.24, 2.45) is 0 Å². The van der Waals surface area contributed by atoms with Crippen molar-refractivity contribution in [1.29, 1.82) is 0 Å². The second kappa shape index (κ2) is 6.20. The second-order valence-corrected chi connectivity index (χ2v) is 5.94. The molecule has 3 heterocycles. The summed E-state index contributed by atoms with van der Waals surface area (Å²) in [5.74, 6) is 0.985. The maximum atomic E-state index is 5.34. The molecule has 0 saturated carbocycles. The zero-order valence-corrected chi connectivity index (χ0v) is 12.9. The number of imidazole rings is 1. The summed E-state index contributed by atoms with van der Waals surface area (Å²) in [4.78, 5) is 11.0. The smallest absolute Gasteiger partial charge is 0.150 e. The van der Waals surface area contributed by atoms with Crippen LogP contribution >= 0.6 is 11.3 Å². The largest absolute Gasteiger partial charge is 0.380 e. The number of hydrogen-bond donors (Lipinski definition) is 0. The number of rotatable bonds is 5. The SMILES string of the molecule is COC(C)Cn1ccnc1-c1ccc(-c2cccnc2)s1. The first-order chi connectivity index (χ1) is 10.3. The highest BCUT2D eigenvalue weighted by atomic mass is 32.1. The van der Waals surface area contributed by atoms with Gasteiger partial charge in [0.15, 0.2) is 0 Å². The maximum Gasteiger partial charge on any atom is 0.150 e. The number of thiophene rings is 1. The van der Waals surface area contributed by atoms with E-state index in [1.807, 2.05) is 24.7 Å². The average Bonchev–Trinajstić information content (AvgIpc) is 3.16. The molecule has 5 heteroatoms. The molecule has 3 aromatic rings. The lowest BCUT2D eigenvalue weighted by atomic mass is 10.2. The fraction of sp³-hybridized carbons (Fsp3) is 0.250. The predicted octanol–water partition coefficient (Wildman–Crippen LogP) is 3.71. The van der Waals surface area contributed by atoms with Gasteiger partial charge in [-0.3, -0.25) is 4.98 Å². The van der Waals surface area contributed by atoms with Gasteiger partial charge in [-0.05, 0) is 25.1 Å². The Morgan fingerprint density at radius 1 is 1.24 bits per heavy atom. The van der Waals surface area contributed by atoms with Gasteiger partial charge in [-0.1, -0.05) is 6.07 Å². The van der Waals surface area contributed by atoms with Crippen molar-refractivity contribution in [2.45, 2.75) is 19.6 Å². The van der Waals surface area contributed by atoms with Crippen LogP contribution in [0.3, 0.4) is 0 Å². The van der Waals surface area contributed by atoms with Gasteiger partial charge in [0.05, 0.1) is 17.5 Å². The molecule has 0 saturated heterocycles. The molecule has 0 aliphatic carbocycles. The fourth-order valence-electron chi connectivity index (χ4n) is 2.15. The van der Waals surface area contributed by atoms with Crippen molar-refractivity contribution in [3.8, 4) is 21.1 Å². The first-order valence-electron chi connectivity index (χ1n) is 6.82. The average molecular weight is 299 g/mol. The van der Waals surface area contributed by atoms with E-state index in [1.54, 1.807) is 24.6 Å². The van der Waals surface area contributed by atoms with Crippen LogP contribution in [0.2, 0.25) is 0 Å². The molecule has 0 spiro atoms. The van der Waals surface area contributed by atoms with Crippen molar-refractivity contribution >= 4 is 11.3 Å². The van der Waals surface area contributed by atoms with E-state index in [0.717, 1.165) is 22.8 Å². The van der Waals surface area contributed by atoms with Gasteiger partial charge in [0.25, 0.3) is 0 Å². The molecule has 0 aliphatic rings. The quantitative estimate of drug-likeness (QED) is 0.721. The predicted molar refractivity (Wildman–Crippen MR) is 85.2 cm³/mol. The fourth-order valence-corrected chi connectivity index (χ4v) is 3.16. The topological polar surface area (TPSA) is 39.9 Å². The van der Waals surface area contributed by atoms with Crippen LogP contribution in [0.4, 0.5) is 0 Å². The summed E-state index contributed by atoms with van der Waals surface area (Å²) in [6, 6.07) is 8.26. The van der Waals surface area contributed by atoms with Crippen molar-refractivity contribution in [2.75, 3.05) is 7.11 Å². The molecule has 0 aromatic carbocycles. The molecule has 0 aliphatic heterocycles. The summed E-state index contributed by atoms with van der Waals surface area (Å²) >= 11 is 1.73. The number of pyridine rings is 1. The molecule has 0 bridgehead atoms. The van der Waals surface area contributed by atoms with Gasteiger partial charge in [0.2, 0.25) is 0 Å².